The molecule has 0 aromatic heterocycles. The third kappa shape index (κ3) is 5.00. The Kier molecular flexibility index (Phi) is 7.57. The van der Waals surface area contributed by atoms with Crippen LogP contribution in [-0.2, 0) is 19.1 Å². The molecule has 4 atom stereocenters. The highest BCUT2D eigenvalue weighted by Gasteiger charge is 2.69. The van der Waals surface area contributed by atoms with Crippen LogP contribution >= 0.6 is 0 Å². The van der Waals surface area contributed by atoms with Crippen molar-refractivity contribution in [3.8, 4) is 0 Å². The predicted octanol–water partition coefficient (Wildman–Crippen LogP) is 8.09. The Morgan fingerprint density at radius 3 is 1.46 bits per heavy atom. The van der Waals surface area contributed by atoms with Crippen molar-refractivity contribution in [3.63, 3.8) is 0 Å². The Hall–Kier alpha value is -1.66. The molecule has 4 unspecified atom stereocenters. The fraction of sp³-hybridized carbons (Fsp3) is 0.850. The molecule has 258 valence electrons. The average molecular weight is 639 g/mol. The molecule has 6 nitrogen and oxygen atoms in total. The summed E-state index contributed by atoms with van der Waals surface area (Å²) >= 11 is 0. The van der Waals surface area contributed by atoms with Crippen LogP contribution in [0.3, 0.4) is 0 Å². The Morgan fingerprint density at radius 2 is 1.02 bits per heavy atom. The number of hydrogen-bond acceptors (Lipinski definition) is 6. The van der Waals surface area contributed by atoms with E-state index in [1.165, 1.54) is 6.42 Å². The van der Waals surface area contributed by atoms with Crippen LogP contribution in [0.4, 0.5) is 0 Å². The molecule has 0 amide bonds. The summed E-state index contributed by atoms with van der Waals surface area (Å²) in [5.41, 5.74) is -2.80. The molecule has 8 fully saturated rings. The van der Waals surface area contributed by atoms with Crippen LogP contribution in [0.1, 0.15) is 139 Å². The van der Waals surface area contributed by atoms with E-state index in [2.05, 4.69) is 27.0 Å². The minimum atomic E-state index is -0.868. The van der Waals surface area contributed by atoms with Crippen molar-refractivity contribution >= 4 is 11.9 Å². The van der Waals surface area contributed by atoms with E-state index < -0.39 is 22.4 Å². The van der Waals surface area contributed by atoms with Gasteiger partial charge in [-0.3, -0.25) is 0 Å². The van der Waals surface area contributed by atoms with Gasteiger partial charge in [0.1, 0.15) is 11.2 Å². The lowest BCUT2D eigenvalue weighted by molar-refractivity contribution is -0.258. The van der Waals surface area contributed by atoms with Crippen molar-refractivity contribution in [1.29, 1.82) is 0 Å². The molecule has 0 radical (unpaired) electrons. The van der Waals surface area contributed by atoms with Crippen molar-refractivity contribution in [1.82, 2.24) is 0 Å². The van der Waals surface area contributed by atoms with Crippen molar-refractivity contribution in [2.24, 2.45) is 51.2 Å². The highest BCUT2D eigenvalue weighted by molar-refractivity contribution is 5.88. The normalized spacial score (nSPS) is 41.4. The van der Waals surface area contributed by atoms with Gasteiger partial charge in [0, 0.05) is 22.0 Å². The van der Waals surface area contributed by atoms with Gasteiger partial charge >= 0.3 is 11.9 Å². The molecule has 6 heteroatoms. The van der Waals surface area contributed by atoms with E-state index in [0.717, 1.165) is 64.2 Å². The Labute approximate surface area is 278 Å². The summed E-state index contributed by atoms with van der Waals surface area (Å²) in [6, 6.07) is 0. The topological polar surface area (TPSA) is 93.1 Å². The summed E-state index contributed by atoms with van der Waals surface area (Å²) < 4.78 is 12.7. The van der Waals surface area contributed by atoms with E-state index in [9.17, 15) is 19.8 Å². The van der Waals surface area contributed by atoms with Crippen LogP contribution in [0.5, 0.6) is 0 Å². The number of esters is 2. The van der Waals surface area contributed by atoms with Crippen molar-refractivity contribution in [2.45, 2.75) is 162 Å². The van der Waals surface area contributed by atoms with Crippen LogP contribution in [0, 0.1) is 51.2 Å². The first-order valence-corrected chi connectivity index (χ1v) is 18.1. The number of rotatable bonds is 10. The van der Waals surface area contributed by atoms with Crippen molar-refractivity contribution in [3.05, 3.63) is 24.3 Å². The second-order valence-electron chi connectivity index (χ2n) is 19.8. The largest absolute Gasteiger partial charge is 0.456 e. The van der Waals surface area contributed by atoms with Crippen LogP contribution < -0.4 is 0 Å². The second kappa shape index (κ2) is 10.2. The smallest absolute Gasteiger partial charge is 0.333 e. The van der Waals surface area contributed by atoms with Gasteiger partial charge in [0.05, 0.1) is 11.2 Å². The Bertz CT molecular complexity index is 1290. The molecule has 8 rings (SSSR count). The predicted molar refractivity (Wildman–Crippen MR) is 179 cm³/mol. The average Bonchev–Trinajstić information content (AvgIpc) is 2.87. The van der Waals surface area contributed by atoms with E-state index in [4.69, 9.17) is 9.47 Å². The van der Waals surface area contributed by atoms with E-state index in [1.807, 2.05) is 41.5 Å². The van der Waals surface area contributed by atoms with Crippen LogP contribution in [-0.4, -0.2) is 44.6 Å². The van der Waals surface area contributed by atoms with Gasteiger partial charge in [-0.1, -0.05) is 13.2 Å². The van der Waals surface area contributed by atoms with E-state index in [0.29, 0.717) is 41.2 Å². The number of aliphatic hydroxyl groups is 2. The molecular weight excluding hydrogens is 576 g/mol. The van der Waals surface area contributed by atoms with E-state index in [-0.39, 0.29) is 39.5 Å². The third-order valence-corrected chi connectivity index (χ3v) is 15.5. The van der Waals surface area contributed by atoms with Crippen molar-refractivity contribution in [2.75, 3.05) is 0 Å². The van der Waals surface area contributed by atoms with Crippen molar-refractivity contribution < 1.29 is 29.3 Å². The lowest BCUT2D eigenvalue weighted by atomic mass is 9.36. The van der Waals surface area contributed by atoms with Gasteiger partial charge in [-0.25, -0.2) is 9.59 Å². The maximum Gasteiger partial charge on any atom is 0.333 e. The second-order valence-corrected chi connectivity index (χ2v) is 19.8. The van der Waals surface area contributed by atoms with Gasteiger partial charge in [-0.15, -0.1) is 0 Å². The third-order valence-electron chi connectivity index (χ3n) is 15.5. The summed E-state index contributed by atoms with van der Waals surface area (Å²) in [4.78, 5) is 26.7. The fourth-order valence-corrected chi connectivity index (χ4v) is 12.9. The first-order valence-electron chi connectivity index (χ1n) is 18.1. The Morgan fingerprint density at radius 1 is 0.652 bits per heavy atom. The van der Waals surface area contributed by atoms with Crippen LogP contribution in [0.2, 0.25) is 0 Å². The van der Waals surface area contributed by atoms with Gasteiger partial charge in [0.2, 0.25) is 0 Å². The molecule has 8 aliphatic rings. The molecule has 0 saturated heterocycles. The van der Waals surface area contributed by atoms with Crippen LogP contribution in [0.25, 0.3) is 0 Å². The van der Waals surface area contributed by atoms with Crippen LogP contribution in [0.15, 0.2) is 24.3 Å². The molecule has 0 spiro atoms. The SMILES string of the molecule is C=C(C)C(=O)OC(C)(C)C12CC3CC(C(C)(C)O)(CC(C1)C3CC(=C)C(=O)OC(C)(C)C13CC4CC(CC(C(C)(C)O)(C4)C1)C3)C2. The quantitative estimate of drug-likeness (QED) is 0.186. The summed E-state index contributed by atoms with van der Waals surface area (Å²) in [5, 5.41) is 22.9. The summed E-state index contributed by atoms with van der Waals surface area (Å²) in [6.45, 7) is 26.0. The Balaban J connectivity index is 1.20. The molecule has 0 heterocycles. The number of hydrogen-bond donors (Lipinski definition) is 2. The van der Waals surface area contributed by atoms with E-state index >= 15 is 0 Å². The zero-order chi connectivity index (χ0) is 34.1. The summed E-state index contributed by atoms with van der Waals surface area (Å²) in [7, 11) is 0. The first kappa shape index (κ1) is 34.2. The standard InChI is InChI=1S/C40H62O6/c1-24(2)31(41)45-36(10,11)40-20-28-18-38(23-40,34(6,7)44)19-29(21-40)30(28)12-25(3)32(42)46-35(8,9)39-16-26-13-27(17-39)15-37(14-26,22-39)33(4,5)43/h26-30,43-44H,1,3,12-23H2,2,4-11H3. The highest BCUT2D eigenvalue weighted by Crippen LogP contribution is 2.74. The maximum atomic E-state index is 13.9. The maximum absolute atomic E-state index is 13.9. The van der Waals surface area contributed by atoms with Gasteiger partial charge in [-0.2, -0.15) is 0 Å². The molecule has 8 aliphatic carbocycles. The van der Waals surface area contributed by atoms with E-state index in [1.54, 1.807) is 6.92 Å². The lowest BCUT2D eigenvalue weighted by Gasteiger charge is -2.70. The van der Waals surface area contributed by atoms with Gasteiger partial charge in [0.25, 0.3) is 0 Å². The molecule has 46 heavy (non-hydrogen) atoms. The number of carbonyl (C=O) groups excluding carboxylic acids is 2. The minimum Gasteiger partial charge on any atom is -0.456 e. The number of carbonyl (C=O) groups is 2. The zero-order valence-corrected chi connectivity index (χ0v) is 30.3. The summed E-state index contributed by atoms with van der Waals surface area (Å²) in [5.74, 6) is 1.38. The molecule has 8 bridgehead atoms. The zero-order valence-electron chi connectivity index (χ0n) is 30.3. The number of ether oxygens (including phenoxy) is 2. The minimum absolute atomic E-state index is 0.114. The fourth-order valence-electron chi connectivity index (χ4n) is 12.9. The van der Waals surface area contributed by atoms with Gasteiger partial charge < -0.3 is 19.7 Å². The lowest BCUT2D eigenvalue weighted by Crippen LogP contribution is -2.67. The molecule has 0 aromatic carbocycles. The first-order chi connectivity index (χ1) is 20.9. The highest BCUT2D eigenvalue weighted by atomic mass is 16.6. The monoisotopic (exact) mass is 638 g/mol. The van der Waals surface area contributed by atoms with Gasteiger partial charge in [-0.05, 0) is 180 Å². The molecule has 2 N–H and O–H groups in total. The molecule has 0 aromatic rings. The molecule has 0 aliphatic heterocycles. The summed E-state index contributed by atoms with van der Waals surface area (Å²) in [6.07, 6.45) is 11.5. The molecule has 8 saturated carbocycles. The molecular formula is C40H62O6. The van der Waals surface area contributed by atoms with Gasteiger partial charge in [0.15, 0.2) is 0 Å².